The van der Waals surface area contributed by atoms with Gasteiger partial charge in [0.25, 0.3) is 11.4 Å². The van der Waals surface area contributed by atoms with Crippen LogP contribution in [0.1, 0.15) is 46.8 Å². The number of hydrogen-bond donors (Lipinski definition) is 1. The van der Waals surface area contributed by atoms with Crippen molar-refractivity contribution in [3.05, 3.63) is 119 Å². The number of rotatable bonds is 12. The van der Waals surface area contributed by atoms with E-state index in [0.717, 1.165) is 16.2 Å². The highest BCUT2D eigenvalue weighted by atomic mass is 32.1. The third-order valence-electron chi connectivity index (χ3n) is 10.1. The van der Waals surface area contributed by atoms with Crippen molar-refractivity contribution >= 4 is 56.9 Å². The van der Waals surface area contributed by atoms with E-state index in [1.165, 1.54) is 66.7 Å². The normalized spacial score (nSPS) is 22.0. The number of non-ortho nitro benzene ring substituents is 2. The van der Waals surface area contributed by atoms with Crippen LogP contribution in [0.3, 0.4) is 0 Å². The summed E-state index contributed by atoms with van der Waals surface area (Å²) < 4.78 is 12.6. The number of imidazole rings is 1. The third kappa shape index (κ3) is 6.67. The summed E-state index contributed by atoms with van der Waals surface area (Å²) in [6, 6.07) is 8.44. The summed E-state index contributed by atoms with van der Waals surface area (Å²) >= 11 is 1.12. The molecule has 0 aliphatic carbocycles. The van der Waals surface area contributed by atoms with Gasteiger partial charge in [0.1, 0.15) is 41.8 Å². The molecule has 7 rings (SSSR count). The molecule has 1 N–H and O–H groups in total. The zero-order valence-corrected chi connectivity index (χ0v) is 30.3. The molecule has 4 aromatic rings. The van der Waals surface area contributed by atoms with Crippen LogP contribution in [0.2, 0.25) is 0 Å². The fraction of sp³-hybridized carbons (Fsp3) is 0.343. The number of carbonyl (C=O) groups is 4. The molecule has 0 radical (unpaired) electrons. The first-order chi connectivity index (χ1) is 26.8. The van der Waals surface area contributed by atoms with Gasteiger partial charge in [0.2, 0.25) is 11.7 Å². The van der Waals surface area contributed by atoms with Crippen molar-refractivity contribution in [2.45, 2.75) is 57.7 Å². The number of benzene rings is 2. The molecular weight excluding hydrogens is 755 g/mol. The summed E-state index contributed by atoms with van der Waals surface area (Å²) in [5.41, 5.74) is 10.2. The van der Waals surface area contributed by atoms with Crippen molar-refractivity contribution in [1.29, 1.82) is 0 Å². The largest absolute Gasteiger partial charge is 0.456 e. The Hall–Kier alpha value is -6.70. The van der Waals surface area contributed by atoms with E-state index in [9.17, 15) is 44.5 Å². The number of Topliss-reactive ketones (excluding diaryl/α,β-unsaturated/α-hetero) is 1. The van der Waals surface area contributed by atoms with Crippen LogP contribution in [0, 0.1) is 32.1 Å². The first-order valence-electron chi connectivity index (χ1n) is 17.2. The number of fused-ring (bicyclic) bond motifs is 2. The van der Waals surface area contributed by atoms with E-state index >= 15 is 0 Å². The van der Waals surface area contributed by atoms with Crippen molar-refractivity contribution < 1.29 is 43.6 Å². The monoisotopic (exact) mass is 785 g/mol. The zero-order chi connectivity index (χ0) is 40.0. The second kappa shape index (κ2) is 14.9. The lowest BCUT2D eigenvalue weighted by atomic mass is 9.77. The van der Waals surface area contributed by atoms with Crippen LogP contribution in [0.25, 0.3) is 20.8 Å². The van der Waals surface area contributed by atoms with Gasteiger partial charge in [-0.15, -0.1) is 11.3 Å². The molecule has 2 aromatic carbocycles. The highest BCUT2D eigenvalue weighted by Crippen LogP contribution is 2.52. The number of nitro groups is 2. The number of ether oxygens (including phenoxy) is 2. The number of aliphatic hydroxyl groups excluding tert-OH is 1. The molecule has 3 aliphatic rings. The Morgan fingerprint density at radius 3 is 2.23 bits per heavy atom. The predicted octanol–water partition coefficient (Wildman–Crippen LogP) is 4.80. The van der Waals surface area contributed by atoms with Crippen molar-refractivity contribution in [3.63, 3.8) is 0 Å². The van der Waals surface area contributed by atoms with Crippen LogP contribution in [-0.2, 0) is 32.3 Å². The minimum Gasteiger partial charge on any atom is -0.456 e. The average Bonchev–Trinajstić information content (AvgIpc) is 3.94. The first kappa shape index (κ1) is 37.6. The molecule has 288 valence electrons. The summed E-state index contributed by atoms with van der Waals surface area (Å²) in [5.74, 6) is -3.07. The molecule has 2 saturated heterocycles. The Morgan fingerprint density at radius 1 is 1.05 bits per heavy atom. The van der Waals surface area contributed by atoms with Crippen molar-refractivity contribution in [1.82, 2.24) is 19.2 Å². The van der Waals surface area contributed by atoms with Crippen molar-refractivity contribution in [3.8, 4) is 0 Å². The van der Waals surface area contributed by atoms with Crippen LogP contribution >= 0.6 is 11.3 Å². The predicted molar refractivity (Wildman–Crippen MR) is 194 cm³/mol. The number of hydrogen-bond acceptors (Lipinski definition) is 14. The van der Waals surface area contributed by atoms with Gasteiger partial charge < -0.3 is 19.5 Å². The number of aromatic nitrogens is 2. The Kier molecular flexibility index (Phi) is 9.97. The Labute approximate surface area is 319 Å². The summed E-state index contributed by atoms with van der Waals surface area (Å²) in [6.07, 6.45) is 1.16. The maximum Gasteiger partial charge on any atom is 0.410 e. The van der Waals surface area contributed by atoms with Crippen LogP contribution < -0.4 is 0 Å². The van der Waals surface area contributed by atoms with Crippen LogP contribution in [0.5, 0.6) is 0 Å². The fourth-order valence-corrected chi connectivity index (χ4v) is 8.65. The summed E-state index contributed by atoms with van der Waals surface area (Å²) in [5, 5.41) is 36.2. The molecular formula is C35H31N9O11S. The van der Waals surface area contributed by atoms with E-state index < -0.39 is 69.7 Å². The number of β-lactam (4-membered cyclic amide) rings is 1. The number of amides is 2. The number of thiazole rings is 1. The van der Waals surface area contributed by atoms with Gasteiger partial charge in [0.15, 0.2) is 0 Å². The van der Waals surface area contributed by atoms with E-state index in [4.69, 9.17) is 15.0 Å². The molecule has 56 heavy (non-hydrogen) atoms. The highest BCUT2D eigenvalue weighted by molar-refractivity contribution is 7.18. The third-order valence-corrected chi connectivity index (χ3v) is 11.3. The quantitative estimate of drug-likeness (QED) is 0.0297. The fourth-order valence-electron chi connectivity index (χ4n) is 7.43. The minimum atomic E-state index is -1.12. The number of aliphatic hydroxyl groups is 1. The lowest BCUT2D eigenvalue weighted by Gasteiger charge is -2.46. The van der Waals surface area contributed by atoms with E-state index in [1.54, 1.807) is 10.6 Å². The van der Waals surface area contributed by atoms with Gasteiger partial charge in [0.05, 0.1) is 38.8 Å². The minimum absolute atomic E-state index is 0.00392. The topological polar surface area (TPSA) is 266 Å². The van der Waals surface area contributed by atoms with Gasteiger partial charge >= 0.3 is 12.1 Å². The maximum absolute atomic E-state index is 14.2. The molecule has 2 amide bonds. The molecule has 0 spiro atoms. The number of azide groups is 1. The number of likely N-dealkylation sites (tertiary alicyclic amines) is 1. The molecule has 5 heterocycles. The van der Waals surface area contributed by atoms with Gasteiger partial charge in [0, 0.05) is 53.4 Å². The SMILES string of the molecule is C[C@@H](O)[C@H]1C(=O)N2C(C(=O)OCc3ccc([N+](=O)[O-])cc3)=C(c3cn4cnc(C(=O)[C@@H]5C[C@H](N=[N+]=[N-])CN5C(=O)OCc5ccc([N+](=O)[O-])cc5)c4s3)[C@H](C)[C@H]12. The lowest BCUT2D eigenvalue weighted by Crippen LogP contribution is -2.63. The summed E-state index contributed by atoms with van der Waals surface area (Å²) in [7, 11) is 0. The summed E-state index contributed by atoms with van der Waals surface area (Å²) in [6.45, 7) is 2.72. The van der Waals surface area contributed by atoms with E-state index in [2.05, 4.69) is 15.0 Å². The van der Waals surface area contributed by atoms with Crippen molar-refractivity contribution in [2.75, 3.05) is 6.54 Å². The highest BCUT2D eigenvalue weighted by Gasteiger charge is 2.60. The Bertz CT molecular complexity index is 2370. The summed E-state index contributed by atoms with van der Waals surface area (Å²) in [4.78, 5) is 86.1. The first-order valence-corrected chi connectivity index (χ1v) is 18.0. The molecule has 2 aromatic heterocycles. The molecule has 0 bridgehead atoms. The number of esters is 1. The standard InChI is InChI=1S/C35H31N9O11S/c1-17-26(30(42-29(17)27(18(2)45)32(42)47)34(48)54-14-19-3-7-22(8-4-19)43(50)51)25-13-40-16-37-28(33(40)56-25)31(46)24-11-21(38-39-36)12-41(24)35(49)55-15-20-5-9-23(10-6-20)44(52)53/h3-10,13,16-18,21,24,27,29,45H,11-12,14-15H2,1-2H3/t17-,18+,21-,24-,27+,29+/m0/s1. The van der Waals surface area contributed by atoms with E-state index in [-0.39, 0.29) is 48.9 Å². The number of ketones is 1. The van der Waals surface area contributed by atoms with E-state index in [0.29, 0.717) is 26.4 Å². The van der Waals surface area contributed by atoms with Crippen LogP contribution in [-0.4, -0.2) is 88.7 Å². The maximum atomic E-state index is 14.2. The van der Waals surface area contributed by atoms with Crippen LogP contribution in [0.15, 0.2) is 71.9 Å². The number of carbonyl (C=O) groups excluding carboxylic acids is 4. The lowest BCUT2D eigenvalue weighted by molar-refractivity contribution is -0.385. The van der Waals surface area contributed by atoms with Gasteiger partial charge in [-0.3, -0.25) is 39.1 Å². The second-order valence-electron chi connectivity index (χ2n) is 13.5. The second-order valence-corrected chi connectivity index (χ2v) is 14.6. The van der Waals surface area contributed by atoms with Gasteiger partial charge in [-0.2, -0.15) is 0 Å². The molecule has 21 heteroatoms. The van der Waals surface area contributed by atoms with Gasteiger partial charge in [-0.1, -0.05) is 12.0 Å². The zero-order valence-electron chi connectivity index (χ0n) is 29.5. The molecule has 0 saturated carbocycles. The Balaban J connectivity index is 1.16. The smallest absolute Gasteiger partial charge is 0.410 e. The average molecular weight is 786 g/mol. The Morgan fingerprint density at radius 2 is 1.66 bits per heavy atom. The van der Waals surface area contributed by atoms with Gasteiger partial charge in [-0.05, 0) is 54.3 Å². The molecule has 6 atom stereocenters. The van der Waals surface area contributed by atoms with E-state index in [1.807, 2.05) is 6.92 Å². The van der Waals surface area contributed by atoms with Gasteiger partial charge in [-0.25, -0.2) is 14.6 Å². The van der Waals surface area contributed by atoms with Crippen LogP contribution in [0.4, 0.5) is 16.2 Å². The molecule has 3 aliphatic heterocycles. The molecule has 2 fully saturated rings. The molecule has 20 nitrogen and oxygen atoms in total. The number of nitrogens with zero attached hydrogens (tertiary/aromatic N) is 9. The molecule has 0 unspecified atom stereocenters. The van der Waals surface area contributed by atoms with Crippen molar-refractivity contribution in [2.24, 2.45) is 17.0 Å². The number of nitro benzene ring substituents is 2.